The number of hydrogen-bond acceptors (Lipinski definition) is 2. The van der Waals surface area contributed by atoms with E-state index in [1.54, 1.807) is 0 Å². The van der Waals surface area contributed by atoms with Crippen molar-refractivity contribution in [2.24, 2.45) is 7.05 Å². The maximum atomic E-state index is 11.1. The average Bonchev–Trinajstić information content (AvgIpc) is 2.72. The smallest absolute Gasteiger partial charge is 0.305 e. The van der Waals surface area contributed by atoms with E-state index in [1.165, 1.54) is 38.5 Å². The largest absolute Gasteiger partial charge is 1.00 e. The number of imidazole rings is 1. The summed E-state index contributed by atoms with van der Waals surface area (Å²) < 4.78 is 8.95. The number of carbonyl (C=O) groups is 1. The Labute approximate surface area is 126 Å². The molecule has 110 valence electrons. The summed E-state index contributed by atoms with van der Waals surface area (Å²) >= 11 is 0. The fourth-order valence-corrected chi connectivity index (χ4v) is 2.03. The first-order valence-corrected chi connectivity index (χ1v) is 6.78. The van der Waals surface area contributed by atoms with Crippen LogP contribution < -0.4 is 21.5 Å². The summed E-state index contributed by atoms with van der Waals surface area (Å²) in [6.45, 7) is 3.28. The van der Waals surface area contributed by atoms with Gasteiger partial charge in [0.05, 0.1) is 27.1 Å². The molecule has 1 rings (SSSR count). The second-order valence-electron chi connectivity index (χ2n) is 4.72. The number of methoxy groups -OCH3 is 1. The van der Waals surface area contributed by atoms with Crippen molar-refractivity contribution >= 4 is 5.97 Å². The lowest BCUT2D eigenvalue weighted by Crippen LogP contribution is -3.00. The molecule has 0 radical (unpaired) electrons. The molecule has 0 amide bonds. The van der Waals surface area contributed by atoms with E-state index in [0.717, 1.165) is 13.0 Å². The van der Waals surface area contributed by atoms with E-state index in [9.17, 15) is 4.79 Å². The van der Waals surface area contributed by atoms with Gasteiger partial charge in [-0.25, -0.2) is 9.13 Å². The number of unbranched alkanes of at least 4 members (excludes halogenated alkanes) is 3. The van der Waals surface area contributed by atoms with E-state index in [1.807, 2.05) is 7.05 Å². The summed E-state index contributed by atoms with van der Waals surface area (Å²) in [7, 11) is 3.45. The number of ether oxygens (including phenoxy) is 1. The highest BCUT2D eigenvalue weighted by atomic mass is 79.9. The van der Waals surface area contributed by atoms with E-state index < -0.39 is 0 Å². The van der Waals surface area contributed by atoms with Crippen LogP contribution in [0.1, 0.15) is 44.7 Å². The highest BCUT2D eigenvalue weighted by Gasteiger charge is 2.12. The minimum atomic E-state index is -0.148. The average molecular weight is 333 g/mol. The van der Waals surface area contributed by atoms with E-state index >= 15 is 0 Å². The van der Waals surface area contributed by atoms with Gasteiger partial charge >= 0.3 is 5.97 Å². The third kappa shape index (κ3) is 6.76. The zero-order valence-corrected chi connectivity index (χ0v) is 13.8. The molecule has 4 nitrogen and oxygen atoms in total. The van der Waals surface area contributed by atoms with Gasteiger partial charge in [-0.05, 0) is 12.8 Å². The van der Waals surface area contributed by atoms with Crippen LogP contribution in [-0.4, -0.2) is 17.6 Å². The predicted molar refractivity (Wildman–Crippen MR) is 70.1 cm³/mol. The third-order valence-corrected chi connectivity index (χ3v) is 3.17. The maximum absolute atomic E-state index is 11.1. The van der Waals surface area contributed by atoms with Crippen LogP contribution >= 0.6 is 0 Å². The Morgan fingerprint density at radius 2 is 2.11 bits per heavy atom. The number of aryl methyl sites for hydroxylation is 3. The fourth-order valence-electron chi connectivity index (χ4n) is 2.03. The highest BCUT2D eigenvalue weighted by molar-refractivity contribution is 5.69. The Kier molecular flexibility index (Phi) is 9.57. The molecule has 0 saturated heterocycles. The quantitative estimate of drug-likeness (QED) is 0.348. The molecule has 0 fully saturated rings. The topological polar surface area (TPSA) is 35.1 Å². The van der Waals surface area contributed by atoms with Gasteiger partial charge in [-0.15, -0.1) is 0 Å². The van der Waals surface area contributed by atoms with Crippen molar-refractivity contribution < 1.29 is 31.1 Å². The number of nitrogens with zero attached hydrogens (tertiary/aromatic N) is 2. The van der Waals surface area contributed by atoms with Gasteiger partial charge in [0, 0.05) is 6.42 Å². The highest BCUT2D eigenvalue weighted by Crippen LogP contribution is 2.04. The molecule has 19 heavy (non-hydrogen) atoms. The Hall–Kier alpha value is -0.840. The fraction of sp³-hybridized carbons (Fsp3) is 0.714. The van der Waals surface area contributed by atoms with Crippen LogP contribution in [0.2, 0.25) is 0 Å². The third-order valence-electron chi connectivity index (χ3n) is 3.17. The van der Waals surface area contributed by atoms with Crippen LogP contribution in [0, 0.1) is 0 Å². The predicted octanol–water partition coefficient (Wildman–Crippen LogP) is -0.997. The van der Waals surface area contributed by atoms with Crippen molar-refractivity contribution in [1.29, 1.82) is 0 Å². The molecule has 0 aliphatic carbocycles. The summed E-state index contributed by atoms with van der Waals surface area (Å²) in [5.74, 6) is -0.148. The van der Waals surface area contributed by atoms with Crippen molar-refractivity contribution in [3.63, 3.8) is 0 Å². The van der Waals surface area contributed by atoms with Gasteiger partial charge in [0.15, 0.2) is 0 Å². The summed E-state index contributed by atoms with van der Waals surface area (Å²) in [4.78, 5) is 11.1. The molecule has 0 N–H and O–H groups in total. The Balaban J connectivity index is 0.00000324. The van der Waals surface area contributed by atoms with Gasteiger partial charge in [-0.2, -0.15) is 0 Å². The lowest BCUT2D eigenvalue weighted by molar-refractivity contribution is -0.678. The van der Waals surface area contributed by atoms with Gasteiger partial charge in [0.2, 0.25) is 6.33 Å². The van der Waals surface area contributed by atoms with Crippen molar-refractivity contribution in [1.82, 2.24) is 4.57 Å². The molecule has 1 aromatic heterocycles. The van der Waals surface area contributed by atoms with E-state index in [2.05, 4.69) is 33.3 Å². The van der Waals surface area contributed by atoms with Gasteiger partial charge in [0.1, 0.15) is 11.9 Å². The number of carbonyl (C=O) groups excluding carboxylic acids is 1. The SMILES string of the molecule is CCCCCCn1cc(CCC(=O)OC)[n+](C)c1.[Br-]. The molecule has 0 aromatic carbocycles. The van der Waals surface area contributed by atoms with E-state index in [0.29, 0.717) is 6.42 Å². The van der Waals surface area contributed by atoms with Crippen LogP contribution in [-0.2, 0) is 29.5 Å². The first-order valence-electron chi connectivity index (χ1n) is 6.78. The van der Waals surface area contributed by atoms with Crippen LogP contribution in [0.3, 0.4) is 0 Å². The lowest BCUT2D eigenvalue weighted by Gasteiger charge is -1.96. The second kappa shape index (κ2) is 10.0. The minimum Gasteiger partial charge on any atom is -1.00 e. The summed E-state index contributed by atoms with van der Waals surface area (Å²) in [5, 5.41) is 0. The molecule has 0 unspecified atom stereocenters. The molecule has 0 aliphatic heterocycles. The standard InChI is InChI=1S/C14H25N2O2.BrH/c1-4-5-6-7-10-16-11-13(15(2)12-16)8-9-14(17)18-3;/h11-12H,4-10H2,1-3H3;1H/q+1;/p-1. The zero-order valence-electron chi connectivity index (χ0n) is 12.2. The molecule has 1 heterocycles. The van der Waals surface area contributed by atoms with Crippen molar-refractivity contribution in [2.75, 3.05) is 7.11 Å². The number of hydrogen-bond donors (Lipinski definition) is 0. The van der Waals surface area contributed by atoms with Gasteiger partial charge in [-0.1, -0.05) is 19.8 Å². The second-order valence-corrected chi connectivity index (χ2v) is 4.72. The summed E-state index contributed by atoms with van der Waals surface area (Å²) in [5.41, 5.74) is 1.18. The van der Waals surface area contributed by atoms with Crippen LogP contribution in [0.25, 0.3) is 0 Å². The molecule has 5 heteroatoms. The van der Waals surface area contributed by atoms with Crippen molar-refractivity contribution in [3.05, 3.63) is 18.2 Å². The summed E-state index contributed by atoms with van der Waals surface area (Å²) in [6.07, 6.45) is 10.5. The van der Waals surface area contributed by atoms with Gasteiger partial charge in [0.25, 0.3) is 0 Å². The minimum absolute atomic E-state index is 0. The normalized spacial score (nSPS) is 10.1. The van der Waals surface area contributed by atoms with Crippen LogP contribution in [0.4, 0.5) is 0 Å². The number of esters is 1. The Morgan fingerprint density at radius 3 is 2.74 bits per heavy atom. The molecule has 0 atom stereocenters. The molecule has 0 spiro atoms. The first-order chi connectivity index (χ1) is 8.67. The first kappa shape index (κ1) is 18.2. The Bertz CT molecular complexity index is 378. The molecular weight excluding hydrogens is 308 g/mol. The molecule has 0 bridgehead atoms. The molecular formula is C14H25BrN2O2. The van der Waals surface area contributed by atoms with Gasteiger partial charge < -0.3 is 21.7 Å². The number of rotatable bonds is 8. The van der Waals surface area contributed by atoms with E-state index in [4.69, 9.17) is 0 Å². The van der Waals surface area contributed by atoms with Crippen molar-refractivity contribution in [2.45, 2.75) is 52.0 Å². The Morgan fingerprint density at radius 1 is 1.37 bits per heavy atom. The van der Waals surface area contributed by atoms with Crippen LogP contribution in [0.5, 0.6) is 0 Å². The number of aromatic nitrogens is 2. The molecule has 0 saturated carbocycles. The monoisotopic (exact) mass is 332 g/mol. The lowest BCUT2D eigenvalue weighted by atomic mass is 10.2. The summed E-state index contributed by atoms with van der Waals surface area (Å²) in [6, 6.07) is 0. The van der Waals surface area contributed by atoms with Gasteiger partial charge in [-0.3, -0.25) is 4.79 Å². The molecule has 0 aliphatic rings. The van der Waals surface area contributed by atoms with Crippen molar-refractivity contribution in [3.8, 4) is 0 Å². The zero-order chi connectivity index (χ0) is 13.4. The van der Waals surface area contributed by atoms with Crippen LogP contribution in [0.15, 0.2) is 12.5 Å². The molecule has 1 aromatic rings. The maximum Gasteiger partial charge on any atom is 0.305 e. The van der Waals surface area contributed by atoms with E-state index in [-0.39, 0.29) is 23.0 Å². The number of halogens is 1.